The van der Waals surface area contributed by atoms with Crippen LogP contribution in [0.1, 0.15) is 17.0 Å². The highest BCUT2D eigenvalue weighted by atomic mass is 35.5. The van der Waals surface area contributed by atoms with Gasteiger partial charge in [0, 0.05) is 22.5 Å². The van der Waals surface area contributed by atoms with Gasteiger partial charge in [0.15, 0.2) is 5.16 Å². The first kappa shape index (κ1) is 24.6. The van der Waals surface area contributed by atoms with Crippen molar-refractivity contribution in [3.8, 4) is 11.5 Å². The minimum absolute atomic E-state index is 0.0903. The van der Waals surface area contributed by atoms with E-state index in [2.05, 4.69) is 15.3 Å². The van der Waals surface area contributed by atoms with Gasteiger partial charge >= 0.3 is 0 Å². The van der Waals surface area contributed by atoms with E-state index in [-0.39, 0.29) is 17.1 Å². The molecule has 0 fully saturated rings. The van der Waals surface area contributed by atoms with Gasteiger partial charge in [0.2, 0.25) is 0 Å². The second kappa shape index (κ2) is 10.4. The third-order valence-electron chi connectivity index (χ3n) is 5.20. The average molecular weight is 511 g/mol. The highest BCUT2D eigenvalue weighted by Gasteiger charge is 2.40. The molecule has 0 bridgehead atoms. The summed E-state index contributed by atoms with van der Waals surface area (Å²) < 4.78 is 10.8. The molecular weight excluding hydrogens is 488 g/mol. The summed E-state index contributed by atoms with van der Waals surface area (Å²) in [4.78, 5) is 37.2. The summed E-state index contributed by atoms with van der Waals surface area (Å²) in [6, 6.07) is 14.0. The Labute approximate surface area is 212 Å². The summed E-state index contributed by atoms with van der Waals surface area (Å²) in [7, 11) is 3.07. The lowest BCUT2D eigenvalue weighted by Crippen LogP contribution is -2.32. The number of thioether (sulfide) groups is 1. The Kier molecular flexibility index (Phi) is 7.28. The molecule has 180 valence electrons. The number of hydrogen-bond acceptors (Lipinski definition) is 8. The first-order valence-corrected chi connectivity index (χ1v) is 11.8. The zero-order valence-electron chi connectivity index (χ0n) is 19.6. The fourth-order valence-corrected chi connectivity index (χ4v) is 4.68. The van der Waals surface area contributed by atoms with Crippen molar-refractivity contribution in [1.29, 1.82) is 0 Å². The van der Waals surface area contributed by atoms with E-state index in [1.807, 2.05) is 19.9 Å². The van der Waals surface area contributed by atoms with Crippen LogP contribution in [0, 0.1) is 13.8 Å². The molecule has 1 aliphatic rings. The summed E-state index contributed by atoms with van der Waals surface area (Å²) in [5, 5.41) is 4.05. The summed E-state index contributed by atoms with van der Waals surface area (Å²) in [5.74, 6) is 0.140. The van der Waals surface area contributed by atoms with E-state index in [1.54, 1.807) is 49.6 Å². The summed E-state index contributed by atoms with van der Waals surface area (Å²) >= 11 is 7.03. The van der Waals surface area contributed by atoms with Crippen LogP contribution in [-0.4, -0.2) is 40.9 Å². The van der Waals surface area contributed by atoms with Crippen molar-refractivity contribution < 1.29 is 19.1 Å². The molecule has 0 saturated heterocycles. The van der Waals surface area contributed by atoms with Gasteiger partial charge in [-0.05, 0) is 61.5 Å². The van der Waals surface area contributed by atoms with Gasteiger partial charge in [0.1, 0.15) is 22.1 Å². The third kappa shape index (κ3) is 5.41. The van der Waals surface area contributed by atoms with Gasteiger partial charge in [-0.1, -0.05) is 23.7 Å². The normalized spacial score (nSPS) is 13.5. The smallest absolute Gasteiger partial charge is 0.278 e. The minimum atomic E-state index is -0.471. The molecule has 2 heterocycles. The van der Waals surface area contributed by atoms with Gasteiger partial charge in [-0.25, -0.2) is 9.97 Å². The molecular formula is C25H23ClN4O4S. The number of carbonyl (C=O) groups is 2. The van der Waals surface area contributed by atoms with E-state index in [1.165, 1.54) is 12.0 Å². The number of imide groups is 1. The second-order valence-corrected chi connectivity index (χ2v) is 9.17. The van der Waals surface area contributed by atoms with Gasteiger partial charge in [-0.3, -0.25) is 14.5 Å². The molecule has 35 heavy (non-hydrogen) atoms. The number of methoxy groups -OCH3 is 2. The SMILES string of the molecule is COc1ccc(OC)c(NC2=C(Sc3nc(C)cc(C)n3)C(=O)N(Cc3ccc(Cl)cc3)C2=O)c1. The number of anilines is 1. The van der Waals surface area contributed by atoms with Crippen LogP contribution in [0.4, 0.5) is 5.69 Å². The Morgan fingerprint density at radius 2 is 1.63 bits per heavy atom. The van der Waals surface area contributed by atoms with Crippen molar-refractivity contribution in [3.63, 3.8) is 0 Å². The minimum Gasteiger partial charge on any atom is -0.497 e. The number of rotatable bonds is 8. The van der Waals surface area contributed by atoms with Crippen LogP contribution in [0.2, 0.25) is 5.02 Å². The number of ether oxygens (including phenoxy) is 2. The second-order valence-electron chi connectivity index (χ2n) is 7.75. The maximum Gasteiger partial charge on any atom is 0.278 e. The first-order valence-electron chi connectivity index (χ1n) is 10.6. The number of nitrogens with one attached hydrogen (secondary N) is 1. The molecule has 2 aromatic carbocycles. The lowest BCUT2D eigenvalue weighted by molar-refractivity contribution is -0.137. The molecule has 1 N–H and O–H groups in total. The number of amides is 2. The molecule has 0 atom stereocenters. The number of aromatic nitrogens is 2. The van der Waals surface area contributed by atoms with Crippen LogP contribution in [0.15, 0.2) is 64.3 Å². The standard InChI is InChI=1S/C25H23ClN4O4S/c1-14-11-15(2)28-25(27-14)35-22-21(29-19-12-18(33-3)9-10-20(19)34-4)23(31)30(24(22)32)13-16-5-7-17(26)8-6-16/h5-12,29H,13H2,1-4H3. The molecule has 0 saturated carbocycles. The highest BCUT2D eigenvalue weighted by Crippen LogP contribution is 2.38. The van der Waals surface area contributed by atoms with Gasteiger partial charge in [-0.2, -0.15) is 0 Å². The maximum absolute atomic E-state index is 13.5. The topological polar surface area (TPSA) is 93.7 Å². The molecule has 10 heteroatoms. The van der Waals surface area contributed by atoms with Gasteiger partial charge in [0.25, 0.3) is 11.8 Å². The summed E-state index contributed by atoms with van der Waals surface area (Å²) in [6.45, 7) is 3.79. The average Bonchev–Trinajstić information content (AvgIpc) is 3.04. The van der Waals surface area contributed by atoms with Crippen LogP contribution in [-0.2, 0) is 16.1 Å². The molecule has 2 amide bonds. The Hall–Kier alpha value is -3.56. The molecule has 0 aliphatic carbocycles. The highest BCUT2D eigenvalue weighted by molar-refractivity contribution is 8.04. The lowest BCUT2D eigenvalue weighted by Gasteiger charge is -2.16. The van der Waals surface area contributed by atoms with Crippen molar-refractivity contribution in [2.75, 3.05) is 19.5 Å². The van der Waals surface area contributed by atoms with E-state index in [4.69, 9.17) is 21.1 Å². The number of aryl methyl sites for hydroxylation is 2. The van der Waals surface area contributed by atoms with Crippen LogP contribution in [0.25, 0.3) is 0 Å². The van der Waals surface area contributed by atoms with E-state index in [9.17, 15) is 9.59 Å². The molecule has 1 aromatic heterocycles. The molecule has 3 aromatic rings. The van der Waals surface area contributed by atoms with E-state index in [0.717, 1.165) is 28.7 Å². The van der Waals surface area contributed by atoms with Gasteiger partial charge < -0.3 is 14.8 Å². The van der Waals surface area contributed by atoms with Crippen molar-refractivity contribution in [2.24, 2.45) is 0 Å². The largest absolute Gasteiger partial charge is 0.497 e. The summed E-state index contributed by atoms with van der Waals surface area (Å²) in [5.41, 5.74) is 2.89. The van der Waals surface area contributed by atoms with Crippen LogP contribution in [0.5, 0.6) is 11.5 Å². The Morgan fingerprint density at radius 3 is 2.26 bits per heavy atom. The van der Waals surface area contributed by atoms with Crippen molar-refractivity contribution in [3.05, 3.63) is 81.1 Å². The van der Waals surface area contributed by atoms with E-state index >= 15 is 0 Å². The number of nitrogens with zero attached hydrogens (tertiary/aromatic N) is 3. The number of carbonyl (C=O) groups excluding carboxylic acids is 2. The molecule has 0 radical (unpaired) electrons. The fraction of sp³-hybridized carbons (Fsp3) is 0.200. The lowest BCUT2D eigenvalue weighted by atomic mass is 10.2. The molecule has 0 unspecified atom stereocenters. The van der Waals surface area contributed by atoms with Crippen molar-refractivity contribution in [2.45, 2.75) is 25.5 Å². The quantitative estimate of drug-likeness (QED) is 0.343. The third-order valence-corrected chi connectivity index (χ3v) is 6.40. The van der Waals surface area contributed by atoms with E-state index < -0.39 is 11.8 Å². The number of hydrogen-bond donors (Lipinski definition) is 1. The van der Waals surface area contributed by atoms with Gasteiger partial charge in [0.05, 0.1) is 26.5 Å². The predicted molar refractivity (Wildman–Crippen MR) is 135 cm³/mol. The Morgan fingerprint density at radius 1 is 0.943 bits per heavy atom. The Balaban J connectivity index is 1.74. The monoisotopic (exact) mass is 510 g/mol. The van der Waals surface area contributed by atoms with Crippen molar-refractivity contribution in [1.82, 2.24) is 14.9 Å². The number of halogens is 1. The van der Waals surface area contributed by atoms with E-state index in [0.29, 0.717) is 27.4 Å². The zero-order chi connectivity index (χ0) is 25.1. The predicted octanol–water partition coefficient (Wildman–Crippen LogP) is 4.75. The van der Waals surface area contributed by atoms with Crippen molar-refractivity contribution >= 4 is 40.9 Å². The van der Waals surface area contributed by atoms with Crippen LogP contribution in [0.3, 0.4) is 0 Å². The molecule has 0 spiro atoms. The zero-order valence-corrected chi connectivity index (χ0v) is 21.2. The van der Waals surface area contributed by atoms with Crippen LogP contribution < -0.4 is 14.8 Å². The molecule has 4 rings (SSSR count). The number of benzene rings is 2. The molecule has 8 nitrogen and oxygen atoms in total. The molecule has 1 aliphatic heterocycles. The van der Waals surface area contributed by atoms with Gasteiger partial charge in [-0.15, -0.1) is 0 Å². The first-order chi connectivity index (χ1) is 16.8. The van der Waals surface area contributed by atoms with Crippen LogP contribution >= 0.6 is 23.4 Å². The summed E-state index contributed by atoms with van der Waals surface area (Å²) in [6.07, 6.45) is 0. The maximum atomic E-state index is 13.5. The fourth-order valence-electron chi connectivity index (χ4n) is 3.55. The Bertz CT molecular complexity index is 1310.